The number of hydrogen-bond donors (Lipinski definition) is 2. The molecule has 0 spiro atoms. The number of hydrogen-bond acceptors (Lipinski definition) is 4. The molecule has 3 aromatic rings. The summed E-state index contributed by atoms with van der Waals surface area (Å²) >= 11 is 1.16. The van der Waals surface area contributed by atoms with E-state index in [1.165, 1.54) is 0 Å². The first-order valence-corrected chi connectivity index (χ1v) is 10.3. The van der Waals surface area contributed by atoms with Gasteiger partial charge >= 0.3 is 0 Å². The smallest absolute Gasteiger partial charge is 0.271 e. The Morgan fingerprint density at radius 1 is 0.962 bits per heavy atom. The number of carbonyl (C=O) groups excluding carboxylic acids is 1. The predicted molar refractivity (Wildman–Crippen MR) is 105 cm³/mol. The fourth-order valence-electron chi connectivity index (χ4n) is 2.34. The van der Waals surface area contributed by atoms with E-state index in [-0.39, 0.29) is 16.5 Å². The molecule has 0 aliphatic rings. The molecule has 5 nitrogen and oxygen atoms in total. The maximum atomic E-state index is 12.2. The van der Waals surface area contributed by atoms with Crippen LogP contribution in [0.1, 0.15) is 11.1 Å². The van der Waals surface area contributed by atoms with Crippen molar-refractivity contribution in [1.29, 1.82) is 0 Å². The van der Waals surface area contributed by atoms with E-state index in [0.717, 1.165) is 28.2 Å². The summed E-state index contributed by atoms with van der Waals surface area (Å²) in [6, 6.07) is 17.6. The normalized spacial score (nSPS) is 11.1. The van der Waals surface area contributed by atoms with Crippen LogP contribution in [0.15, 0.2) is 70.3 Å². The van der Waals surface area contributed by atoms with E-state index in [2.05, 4.69) is 10.0 Å². The highest BCUT2D eigenvalue weighted by Gasteiger charge is 2.15. The fourth-order valence-corrected chi connectivity index (χ4v) is 4.39. The summed E-state index contributed by atoms with van der Waals surface area (Å²) in [5.41, 5.74) is 3.14. The van der Waals surface area contributed by atoms with Gasteiger partial charge in [0.05, 0.1) is 6.42 Å². The number of thiophene rings is 1. The second-order valence-electron chi connectivity index (χ2n) is 5.83. The third kappa shape index (κ3) is 4.71. The van der Waals surface area contributed by atoms with E-state index in [9.17, 15) is 13.2 Å². The molecule has 7 heteroatoms. The predicted octanol–water partition coefficient (Wildman–Crippen LogP) is 4.04. The van der Waals surface area contributed by atoms with Crippen LogP contribution in [0.2, 0.25) is 0 Å². The van der Waals surface area contributed by atoms with Crippen LogP contribution in [-0.4, -0.2) is 14.3 Å². The number of benzene rings is 2. The summed E-state index contributed by atoms with van der Waals surface area (Å²) in [6.07, 6.45) is 0.214. The van der Waals surface area contributed by atoms with E-state index in [1.807, 2.05) is 31.2 Å². The van der Waals surface area contributed by atoms with Gasteiger partial charge in [-0.1, -0.05) is 35.9 Å². The molecule has 1 aromatic heterocycles. The number of carbonyl (C=O) groups is 1. The van der Waals surface area contributed by atoms with Gasteiger partial charge < -0.3 is 5.32 Å². The number of rotatable bonds is 6. The van der Waals surface area contributed by atoms with Gasteiger partial charge in [0.15, 0.2) is 0 Å². The summed E-state index contributed by atoms with van der Waals surface area (Å²) in [5.74, 6) is -0.124. The lowest BCUT2D eigenvalue weighted by Gasteiger charge is -2.08. The molecule has 0 saturated heterocycles. The highest BCUT2D eigenvalue weighted by Crippen LogP contribution is 2.20. The van der Waals surface area contributed by atoms with Crippen molar-refractivity contribution in [2.75, 3.05) is 10.0 Å². The largest absolute Gasteiger partial charge is 0.326 e. The van der Waals surface area contributed by atoms with Crippen LogP contribution in [0.4, 0.5) is 11.4 Å². The highest BCUT2D eigenvalue weighted by atomic mass is 32.2. The Morgan fingerprint density at radius 2 is 1.62 bits per heavy atom. The molecule has 0 bridgehead atoms. The van der Waals surface area contributed by atoms with Gasteiger partial charge in [0, 0.05) is 11.4 Å². The minimum atomic E-state index is -3.56. The molecule has 3 rings (SSSR count). The Labute approximate surface area is 156 Å². The van der Waals surface area contributed by atoms with Crippen molar-refractivity contribution in [3.05, 3.63) is 77.2 Å². The molecule has 1 amide bonds. The molecule has 0 unspecified atom stereocenters. The zero-order chi connectivity index (χ0) is 18.6. The number of amides is 1. The SMILES string of the molecule is Cc1ccc(NC(=O)Cc2ccc(NS(=O)(=O)c3cccs3)cc2)cc1. The van der Waals surface area contributed by atoms with Crippen molar-refractivity contribution in [2.45, 2.75) is 17.6 Å². The topological polar surface area (TPSA) is 75.3 Å². The minimum absolute atomic E-state index is 0.124. The van der Waals surface area contributed by atoms with E-state index in [4.69, 9.17) is 0 Å². The van der Waals surface area contributed by atoms with Crippen LogP contribution in [0.5, 0.6) is 0 Å². The average Bonchev–Trinajstić information content (AvgIpc) is 3.14. The van der Waals surface area contributed by atoms with Crippen LogP contribution in [0.3, 0.4) is 0 Å². The Hall–Kier alpha value is -2.64. The molecule has 0 aliphatic heterocycles. The molecule has 0 aliphatic carbocycles. The maximum absolute atomic E-state index is 12.2. The standard InChI is InChI=1S/C19H18N2O3S2/c1-14-4-8-16(9-5-14)20-18(22)13-15-6-10-17(11-7-15)21-26(23,24)19-3-2-12-25-19/h2-12,21H,13H2,1H3,(H,20,22). The lowest BCUT2D eigenvalue weighted by atomic mass is 10.1. The van der Waals surface area contributed by atoms with Crippen LogP contribution in [-0.2, 0) is 21.2 Å². The maximum Gasteiger partial charge on any atom is 0.271 e. The van der Waals surface area contributed by atoms with Gasteiger partial charge in [0.25, 0.3) is 10.0 Å². The van der Waals surface area contributed by atoms with Crippen LogP contribution in [0.25, 0.3) is 0 Å². The zero-order valence-electron chi connectivity index (χ0n) is 14.1. The molecular weight excluding hydrogens is 368 g/mol. The first-order chi connectivity index (χ1) is 12.4. The van der Waals surface area contributed by atoms with E-state index in [0.29, 0.717) is 5.69 Å². The molecule has 26 heavy (non-hydrogen) atoms. The lowest BCUT2D eigenvalue weighted by Crippen LogP contribution is -2.14. The van der Waals surface area contributed by atoms with E-state index >= 15 is 0 Å². The van der Waals surface area contributed by atoms with Crippen molar-refractivity contribution in [3.8, 4) is 0 Å². The van der Waals surface area contributed by atoms with Gasteiger partial charge in [0.2, 0.25) is 5.91 Å². The minimum Gasteiger partial charge on any atom is -0.326 e. The summed E-state index contributed by atoms with van der Waals surface area (Å²) in [6.45, 7) is 1.99. The summed E-state index contributed by atoms with van der Waals surface area (Å²) in [4.78, 5) is 12.1. The molecule has 0 fully saturated rings. The first kappa shape index (κ1) is 18.2. The van der Waals surface area contributed by atoms with Crippen molar-refractivity contribution < 1.29 is 13.2 Å². The van der Waals surface area contributed by atoms with Crippen LogP contribution in [0, 0.1) is 6.92 Å². The monoisotopic (exact) mass is 386 g/mol. The van der Waals surface area contributed by atoms with E-state index in [1.54, 1.807) is 41.8 Å². The third-order valence-electron chi connectivity index (χ3n) is 3.67. The molecule has 0 saturated carbocycles. The van der Waals surface area contributed by atoms with Gasteiger partial charge in [-0.2, -0.15) is 0 Å². The van der Waals surface area contributed by atoms with Gasteiger partial charge in [0.1, 0.15) is 4.21 Å². The van der Waals surface area contributed by atoms with Gasteiger partial charge in [-0.3, -0.25) is 9.52 Å². The molecule has 2 N–H and O–H groups in total. The van der Waals surface area contributed by atoms with Gasteiger partial charge in [-0.05, 0) is 48.2 Å². The Morgan fingerprint density at radius 3 is 2.23 bits per heavy atom. The Kier molecular flexibility index (Phi) is 5.39. The molecule has 0 atom stereocenters. The zero-order valence-corrected chi connectivity index (χ0v) is 15.7. The van der Waals surface area contributed by atoms with Crippen molar-refractivity contribution in [3.63, 3.8) is 0 Å². The lowest BCUT2D eigenvalue weighted by molar-refractivity contribution is -0.115. The Bertz CT molecular complexity index is 978. The number of anilines is 2. The van der Waals surface area contributed by atoms with Crippen LogP contribution >= 0.6 is 11.3 Å². The fraction of sp³-hybridized carbons (Fsp3) is 0.105. The molecule has 1 heterocycles. The number of aryl methyl sites for hydroxylation is 1. The highest BCUT2D eigenvalue weighted by molar-refractivity contribution is 7.94. The summed E-state index contributed by atoms with van der Waals surface area (Å²) in [5, 5.41) is 4.55. The molecular formula is C19H18N2O3S2. The second kappa shape index (κ2) is 7.72. The van der Waals surface area contributed by atoms with Crippen molar-refractivity contribution >= 4 is 38.6 Å². The first-order valence-electron chi connectivity index (χ1n) is 7.94. The second-order valence-corrected chi connectivity index (χ2v) is 8.68. The van der Waals surface area contributed by atoms with Crippen LogP contribution < -0.4 is 10.0 Å². The summed E-state index contributed by atoms with van der Waals surface area (Å²) < 4.78 is 27.2. The van der Waals surface area contributed by atoms with Gasteiger partial charge in [-0.15, -0.1) is 11.3 Å². The summed E-state index contributed by atoms with van der Waals surface area (Å²) in [7, 11) is -3.56. The Balaban J connectivity index is 1.60. The molecule has 134 valence electrons. The molecule has 0 radical (unpaired) electrons. The number of sulfonamides is 1. The quantitative estimate of drug-likeness (QED) is 0.671. The average molecular weight is 386 g/mol. The number of nitrogens with one attached hydrogen (secondary N) is 2. The van der Waals surface area contributed by atoms with Crippen molar-refractivity contribution in [2.24, 2.45) is 0 Å². The van der Waals surface area contributed by atoms with E-state index < -0.39 is 10.0 Å². The third-order valence-corrected chi connectivity index (χ3v) is 6.44. The van der Waals surface area contributed by atoms with Crippen molar-refractivity contribution in [1.82, 2.24) is 0 Å². The van der Waals surface area contributed by atoms with Gasteiger partial charge in [-0.25, -0.2) is 8.42 Å². The molecule has 2 aromatic carbocycles.